The van der Waals surface area contributed by atoms with Crippen LogP contribution in [0, 0.1) is 46.8 Å². The summed E-state index contributed by atoms with van der Waals surface area (Å²) in [6, 6.07) is 12.2. The number of carbonyl (C=O) groups is 4. The zero-order chi connectivity index (χ0) is 34.6. The van der Waals surface area contributed by atoms with Crippen molar-refractivity contribution in [3.05, 3.63) is 105 Å². The number of phenols is 1. The number of hydrogen-bond donors (Lipinski definition) is 1. The fraction of sp³-hybridized carbons (Fsp3) is 0.273. The Hall–Kier alpha value is -4.00. The predicted octanol–water partition coefficient (Wildman–Crippen LogP) is 6.50. The van der Waals surface area contributed by atoms with Crippen molar-refractivity contribution in [2.45, 2.75) is 35.1 Å². The first-order valence-electron chi connectivity index (χ1n) is 14.5. The first-order chi connectivity index (χ1) is 22.6. The van der Waals surface area contributed by atoms with Crippen molar-refractivity contribution >= 4 is 64.1 Å². The first-order valence-corrected chi connectivity index (χ1v) is 15.6. The van der Waals surface area contributed by atoms with Crippen molar-refractivity contribution in [1.82, 2.24) is 4.90 Å². The molecule has 0 bridgehead atoms. The van der Waals surface area contributed by atoms with Gasteiger partial charge in [-0.25, -0.2) is 26.9 Å². The number of imide groups is 2. The van der Waals surface area contributed by atoms with E-state index < -0.39 is 98.2 Å². The Morgan fingerprint density at radius 3 is 2.06 bits per heavy atom. The van der Waals surface area contributed by atoms with Gasteiger partial charge in [0.2, 0.25) is 17.6 Å². The summed E-state index contributed by atoms with van der Waals surface area (Å²) in [5.74, 6) is -21.6. The maximum Gasteiger partial charge on any atom is 0.258 e. The number of allylic oxidation sites excluding steroid dienone is 2. The van der Waals surface area contributed by atoms with Gasteiger partial charge in [-0.2, -0.15) is 0 Å². The number of alkyl halides is 2. The lowest BCUT2D eigenvalue weighted by molar-refractivity contribution is -0.141. The molecule has 248 valence electrons. The third-order valence-electron chi connectivity index (χ3n) is 9.79. The number of nitrogens with zero attached hydrogens (tertiary/aromatic N) is 2. The molecule has 7 rings (SSSR count). The van der Waals surface area contributed by atoms with Crippen LogP contribution in [0.2, 0.25) is 5.02 Å². The normalized spacial score (nSPS) is 29.6. The van der Waals surface area contributed by atoms with Crippen molar-refractivity contribution in [3.8, 4) is 5.75 Å². The summed E-state index contributed by atoms with van der Waals surface area (Å²) in [5, 5.41) is 9.88. The maximum absolute atomic E-state index is 15.1. The van der Waals surface area contributed by atoms with Gasteiger partial charge in [-0.3, -0.25) is 24.1 Å². The van der Waals surface area contributed by atoms with Crippen LogP contribution in [0.4, 0.5) is 27.6 Å². The van der Waals surface area contributed by atoms with Crippen LogP contribution in [-0.4, -0.2) is 43.4 Å². The van der Waals surface area contributed by atoms with E-state index in [-0.39, 0.29) is 39.8 Å². The monoisotopic (exact) mass is 724 g/mol. The Bertz CT molecular complexity index is 1990. The lowest BCUT2D eigenvalue weighted by Crippen LogP contribution is -2.60. The Labute approximate surface area is 283 Å². The maximum atomic E-state index is 15.1. The molecule has 6 unspecified atom stereocenters. The summed E-state index contributed by atoms with van der Waals surface area (Å²) >= 11 is 20.7. The molecule has 2 aliphatic heterocycles. The van der Waals surface area contributed by atoms with Crippen LogP contribution < -0.4 is 4.90 Å². The lowest BCUT2D eigenvalue weighted by atomic mass is 9.56. The molecule has 15 heteroatoms. The van der Waals surface area contributed by atoms with Gasteiger partial charge in [-0.05, 0) is 42.0 Å². The standard InChI is InChI=1S/C33H20Cl3F5N2O5/c34-19-10-14(44)6-7-16(19)21-15-8-9-17-20(29(46)42(28(17)45)12-13-4-2-1-3-5-13)18(15)11-32(35)30(47)43(31(48)33(21,32)36)27-25(40)23(38)22(37)24(39)26(27)41/h1-8,10,17-18,20-21,44H,9,11-12H2. The number of rotatable bonds is 4. The zero-order valence-corrected chi connectivity index (χ0v) is 26.4. The van der Waals surface area contributed by atoms with E-state index in [1.165, 1.54) is 12.1 Å². The molecule has 4 amide bonds. The first kappa shape index (κ1) is 32.5. The average Bonchev–Trinajstić information content (AvgIpc) is 3.38. The largest absolute Gasteiger partial charge is 0.508 e. The van der Waals surface area contributed by atoms with Gasteiger partial charge in [0.05, 0.1) is 18.4 Å². The van der Waals surface area contributed by atoms with E-state index in [9.17, 15) is 37.5 Å². The van der Waals surface area contributed by atoms with Crippen LogP contribution in [0.5, 0.6) is 5.75 Å². The van der Waals surface area contributed by atoms with E-state index in [4.69, 9.17) is 34.8 Å². The van der Waals surface area contributed by atoms with Crippen LogP contribution in [0.3, 0.4) is 0 Å². The molecule has 4 aliphatic rings. The Morgan fingerprint density at radius 1 is 0.812 bits per heavy atom. The van der Waals surface area contributed by atoms with Crippen molar-refractivity contribution in [2.75, 3.05) is 4.90 Å². The molecule has 2 aliphatic carbocycles. The second-order valence-corrected chi connectivity index (χ2v) is 13.8. The summed E-state index contributed by atoms with van der Waals surface area (Å²) in [7, 11) is 0. The minimum absolute atomic E-state index is 0.00205. The van der Waals surface area contributed by atoms with Crippen molar-refractivity contribution in [2.24, 2.45) is 17.8 Å². The number of fused-ring (bicyclic) bond motifs is 4. The van der Waals surface area contributed by atoms with Gasteiger partial charge in [0.15, 0.2) is 33.0 Å². The van der Waals surface area contributed by atoms with E-state index in [1.54, 1.807) is 36.4 Å². The fourth-order valence-electron chi connectivity index (χ4n) is 7.65. The van der Waals surface area contributed by atoms with Crippen LogP contribution in [-0.2, 0) is 25.7 Å². The van der Waals surface area contributed by atoms with Gasteiger partial charge in [0.25, 0.3) is 11.8 Å². The molecule has 6 atom stereocenters. The number of benzene rings is 3. The van der Waals surface area contributed by atoms with Gasteiger partial charge >= 0.3 is 0 Å². The summed E-state index contributed by atoms with van der Waals surface area (Å²) in [4.78, 5) is 51.6. The number of aromatic hydroxyl groups is 1. The van der Waals surface area contributed by atoms with Crippen molar-refractivity contribution in [3.63, 3.8) is 0 Å². The van der Waals surface area contributed by atoms with E-state index >= 15 is 8.78 Å². The molecule has 3 aromatic carbocycles. The number of amides is 4. The van der Waals surface area contributed by atoms with E-state index in [1.807, 2.05) is 0 Å². The minimum atomic E-state index is -2.71. The number of phenolic OH excluding ortho intramolecular Hbond substituents is 1. The third-order valence-corrected chi connectivity index (χ3v) is 11.5. The molecule has 0 radical (unpaired) electrons. The number of halogens is 8. The SMILES string of the molecule is O=C1C2CC=C3C(CC4(Cl)C(=O)N(c5c(F)c(F)c(F)c(F)c5F)C(=O)C4(Cl)C3c3ccc(O)cc3Cl)C2C(=O)N1Cc1ccccc1. The second-order valence-electron chi connectivity index (χ2n) is 12.1. The quantitative estimate of drug-likeness (QED) is 0.0828. The van der Waals surface area contributed by atoms with Crippen molar-refractivity contribution < 1.29 is 46.2 Å². The molecule has 3 aromatic rings. The highest BCUT2D eigenvalue weighted by Crippen LogP contribution is 2.66. The van der Waals surface area contributed by atoms with E-state index in [0.717, 1.165) is 11.0 Å². The minimum Gasteiger partial charge on any atom is -0.508 e. The zero-order valence-electron chi connectivity index (χ0n) is 24.1. The number of anilines is 1. The van der Waals surface area contributed by atoms with Crippen LogP contribution in [0.1, 0.15) is 29.9 Å². The summed E-state index contributed by atoms with van der Waals surface area (Å²) in [5.41, 5.74) is -0.963. The Morgan fingerprint density at radius 2 is 1.44 bits per heavy atom. The average molecular weight is 726 g/mol. The van der Waals surface area contributed by atoms with Gasteiger partial charge in [-0.15, -0.1) is 23.2 Å². The summed E-state index contributed by atoms with van der Waals surface area (Å²) in [6.45, 7) is -0.0579. The number of hydrogen-bond acceptors (Lipinski definition) is 5. The molecular formula is C33H20Cl3F5N2O5. The molecule has 1 saturated carbocycles. The lowest BCUT2D eigenvalue weighted by Gasteiger charge is -2.50. The van der Waals surface area contributed by atoms with Gasteiger partial charge in [-0.1, -0.05) is 59.6 Å². The third kappa shape index (κ3) is 4.18. The van der Waals surface area contributed by atoms with Crippen LogP contribution in [0.15, 0.2) is 60.2 Å². The summed E-state index contributed by atoms with van der Waals surface area (Å²) < 4.78 is 73.0. The Balaban J connectivity index is 1.41. The van der Waals surface area contributed by atoms with Gasteiger partial charge in [0.1, 0.15) is 11.4 Å². The van der Waals surface area contributed by atoms with Gasteiger partial charge in [0, 0.05) is 10.9 Å². The van der Waals surface area contributed by atoms with Crippen molar-refractivity contribution in [1.29, 1.82) is 0 Å². The highest BCUT2D eigenvalue weighted by atomic mass is 35.5. The number of carbonyl (C=O) groups excluding carboxylic acids is 4. The molecule has 48 heavy (non-hydrogen) atoms. The highest BCUT2D eigenvalue weighted by Gasteiger charge is 2.77. The Kier molecular flexibility index (Phi) is 7.46. The smallest absolute Gasteiger partial charge is 0.258 e. The van der Waals surface area contributed by atoms with E-state index in [2.05, 4.69) is 0 Å². The molecular weight excluding hydrogens is 706 g/mol. The highest BCUT2D eigenvalue weighted by molar-refractivity contribution is 6.58. The molecule has 2 saturated heterocycles. The molecule has 0 aromatic heterocycles. The summed E-state index contributed by atoms with van der Waals surface area (Å²) in [6.07, 6.45) is 0.923. The van der Waals surface area contributed by atoms with Crippen LogP contribution >= 0.6 is 34.8 Å². The topological polar surface area (TPSA) is 95.0 Å². The molecule has 0 spiro atoms. The van der Waals surface area contributed by atoms with E-state index in [0.29, 0.717) is 5.56 Å². The molecule has 1 N–H and O–H groups in total. The van der Waals surface area contributed by atoms with Gasteiger partial charge < -0.3 is 5.11 Å². The predicted molar refractivity (Wildman–Crippen MR) is 162 cm³/mol. The fourth-order valence-corrected chi connectivity index (χ4v) is 8.86. The molecule has 2 heterocycles. The molecule has 3 fully saturated rings. The van der Waals surface area contributed by atoms with Crippen LogP contribution in [0.25, 0.3) is 0 Å². The number of likely N-dealkylation sites (tertiary alicyclic amines) is 1. The second kappa shape index (κ2) is 11.0. The molecule has 7 nitrogen and oxygen atoms in total.